The lowest BCUT2D eigenvalue weighted by molar-refractivity contribution is 0.451. The van der Waals surface area contributed by atoms with Gasteiger partial charge < -0.3 is 0 Å². The molecule has 16 heavy (non-hydrogen) atoms. The summed E-state index contributed by atoms with van der Waals surface area (Å²) in [5.74, 6) is 2.94. The van der Waals surface area contributed by atoms with Gasteiger partial charge in [0, 0.05) is 0 Å². The lowest BCUT2D eigenvalue weighted by atomic mass is 9.42. The van der Waals surface area contributed by atoms with Crippen LogP contribution in [0.25, 0.3) is 0 Å². The monoisotopic (exact) mass is 230 g/mol. The number of benzene rings is 1. The minimum absolute atomic E-state index is 0.921. The van der Waals surface area contributed by atoms with Gasteiger partial charge in [0.2, 0.25) is 5.99 Å². The third-order valence-electron chi connectivity index (χ3n) is 4.24. The first kappa shape index (κ1) is 10.8. The Bertz CT molecular complexity index is 316. The van der Waals surface area contributed by atoms with Crippen molar-refractivity contribution in [3.8, 4) is 0 Å². The van der Waals surface area contributed by atoms with E-state index in [1.807, 2.05) is 0 Å². The highest BCUT2D eigenvalue weighted by atomic mass is 32.2. The van der Waals surface area contributed by atoms with Gasteiger partial charge in [0.15, 0.2) is 0 Å². The van der Waals surface area contributed by atoms with Crippen molar-refractivity contribution in [3.63, 3.8) is 0 Å². The Morgan fingerprint density at radius 1 is 0.875 bits per heavy atom. The van der Waals surface area contributed by atoms with Crippen LogP contribution in [0, 0.1) is 0 Å². The highest BCUT2D eigenvalue weighted by molar-refractivity contribution is 8.25. The van der Waals surface area contributed by atoms with Crippen molar-refractivity contribution in [3.05, 3.63) is 30.3 Å². The molecule has 0 atom stereocenters. The Kier molecular flexibility index (Phi) is 3.28. The van der Waals surface area contributed by atoms with E-state index in [0.717, 1.165) is 17.6 Å². The van der Waals surface area contributed by atoms with Crippen LogP contribution in [0.3, 0.4) is 0 Å². The Hall–Kier alpha value is -0.365. The molecule has 0 unspecified atom stereocenters. The Labute approximate surface area is 103 Å². The first-order valence-corrected chi connectivity index (χ1v) is 7.53. The molecule has 0 saturated carbocycles. The van der Waals surface area contributed by atoms with Gasteiger partial charge in [-0.15, -0.1) is 0 Å². The largest absolute Gasteiger partial charge is 0.222 e. The molecule has 1 aromatic rings. The summed E-state index contributed by atoms with van der Waals surface area (Å²) in [7, 11) is 0. The molecule has 0 spiro atoms. The molecule has 3 rings (SSSR count). The van der Waals surface area contributed by atoms with E-state index in [1.54, 1.807) is 0 Å². The minimum Gasteiger partial charge on any atom is -0.175 e. The van der Waals surface area contributed by atoms with Crippen molar-refractivity contribution >= 4 is 17.6 Å². The predicted octanol–water partition coefficient (Wildman–Crippen LogP) is 4.88. The summed E-state index contributed by atoms with van der Waals surface area (Å²) in [4.78, 5) is 1.48. The van der Waals surface area contributed by atoms with Crippen molar-refractivity contribution in [2.75, 3.05) is 0 Å². The molecule has 0 nitrogen and oxygen atoms in total. The molecule has 1 aromatic carbocycles. The molecule has 0 radical (unpaired) electrons. The van der Waals surface area contributed by atoms with E-state index in [9.17, 15) is 0 Å². The molecular weight excluding hydrogens is 211 g/mol. The van der Waals surface area contributed by atoms with Gasteiger partial charge in [-0.1, -0.05) is 68.4 Å². The average molecular weight is 230 g/mol. The van der Waals surface area contributed by atoms with E-state index < -0.39 is 0 Å². The molecule has 0 amide bonds. The standard InChI is InChI=1S/C14H19BS/c1-2-10-14(11-3-1)16-15-12-6-4-7-13(15)9-5-8-12/h1-3,10-13H,4-9H2. The van der Waals surface area contributed by atoms with Crippen LogP contribution < -0.4 is 0 Å². The average Bonchev–Trinajstić information content (AvgIpc) is 2.30. The number of fused-ring (bicyclic) bond motifs is 2. The summed E-state index contributed by atoms with van der Waals surface area (Å²) in [5.41, 5.74) is 0. The predicted molar refractivity (Wildman–Crippen MR) is 73.3 cm³/mol. The Balaban J connectivity index is 1.74. The van der Waals surface area contributed by atoms with Gasteiger partial charge in [0.1, 0.15) is 0 Å². The highest BCUT2D eigenvalue weighted by Crippen LogP contribution is 2.51. The zero-order chi connectivity index (χ0) is 10.8. The SMILES string of the molecule is c1ccc(SB2C3CCCC2CCC3)cc1. The van der Waals surface area contributed by atoms with E-state index in [4.69, 9.17) is 0 Å². The summed E-state index contributed by atoms with van der Waals surface area (Å²) in [5, 5.41) is 0. The number of hydrogen-bond acceptors (Lipinski definition) is 1. The Morgan fingerprint density at radius 3 is 2.00 bits per heavy atom. The smallest absolute Gasteiger partial charge is 0.175 e. The summed E-state index contributed by atoms with van der Waals surface area (Å²) < 4.78 is 0. The van der Waals surface area contributed by atoms with Crippen LogP contribution in [0.5, 0.6) is 0 Å². The molecule has 2 aliphatic heterocycles. The topological polar surface area (TPSA) is 0 Å². The van der Waals surface area contributed by atoms with Gasteiger partial charge in [-0.05, 0) is 17.0 Å². The van der Waals surface area contributed by atoms with Crippen LogP contribution in [0.1, 0.15) is 38.5 Å². The second-order valence-electron chi connectivity index (χ2n) is 5.28. The van der Waals surface area contributed by atoms with Crippen molar-refractivity contribution in [2.45, 2.75) is 55.1 Å². The lowest BCUT2D eigenvalue weighted by Crippen LogP contribution is -2.31. The van der Waals surface area contributed by atoms with Gasteiger partial charge >= 0.3 is 0 Å². The summed E-state index contributed by atoms with van der Waals surface area (Å²) in [6, 6.07) is 11.0. The van der Waals surface area contributed by atoms with Crippen molar-refractivity contribution in [1.29, 1.82) is 0 Å². The van der Waals surface area contributed by atoms with Crippen molar-refractivity contribution in [2.24, 2.45) is 0 Å². The second-order valence-corrected chi connectivity index (χ2v) is 6.53. The molecule has 0 aliphatic carbocycles. The first-order chi connectivity index (χ1) is 7.93. The van der Waals surface area contributed by atoms with Gasteiger partial charge in [-0.25, -0.2) is 0 Å². The summed E-state index contributed by atoms with van der Waals surface area (Å²) in [6.07, 6.45) is 8.92. The van der Waals surface area contributed by atoms with E-state index in [1.165, 1.54) is 43.4 Å². The van der Waals surface area contributed by atoms with Crippen LogP contribution in [0.4, 0.5) is 0 Å². The van der Waals surface area contributed by atoms with Crippen LogP contribution in [0.15, 0.2) is 35.2 Å². The maximum Gasteiger partial charge on any atom is 0.222 e. The molecule has 0 aromatic heterocycles. The highest BCUT2D eigenvalue weighted by Gasteiger charge is 2.39. The normalized spacial score (nSPS) is 29.1. The van der Waals surface area contributed by atoms with E-state index in [0.29, 0.717) is 0 Å². The fraction of sp³-hybridized carbons (Fsp3) is 0.571. The van der Waals surface area contributed by atoms with Crippen molar-refractivity contribution in [1.82, 2.24) is 0 Å². The molecule has 2 bridgehead atoms. The quantitative estimate of drug-likeness (QED) is 0.652. The minimum atomic E-state index is 0.921. The van der Waals surface area contributed by atoms with Crippen LogP contribution >= 0.6 is 11.6 Å². The summed E-state index contributed by atoms with van der Waals surface area (Å²) >= 11 is 2.16. The third kappa shape index (κ3) is 2.18. The molecule has 2 aliphatic rings. The second kappa shape index (κ2) is 4.87. The zero-order valence-corrected chi connectivity index (χ0v) is 10.6. The maximum atomic E-state index is 2.27. The maximum absolute atomic E-state index is 2.27. The van der Waals surface area contributed by atoms with Crippen LogP contribution in [0.2, 0.25) is 11.6 Å². The molecule has 2 heterocycles. The zero-order valence-electron chi connectivity index (χ0n) is 9.77. The number of hydrogen-bond donors (Lipinski definition) is 0. The molecule has 2 heteroatoms. The summed E-state index contributed by atoms with van der Waals surface area (Å²) in [6.45, 7) is 0. The fourth-order valence-corrected chi connectivity index (χ4v) is 5.02. The van der Waals surface area contributed by atoms with Gasteiger partial charge in [-0.3, -0.25) is 0 Å². The van der Waals surface area contributed by atoms with Crippen LogP contribution in [-0.2, 0) is 0 Å². The lowest BCUT2D eigenvalue weighted by Gasteiger charge is -2.39. The molecule has 84 valence electrons. The third-order valence-corrected chi connectivity index (χ3v) is 5.83. The van der Waals surface area contributed by atoms with Crippen LogP contribution in [-0.4, -0.2) is 5.99 Å². The first-order valence-electron chi connectivity index (χ1n) is 6.65. The van der Waals surface area contributed by atoms with E-state index in [-0.39, 0.29) is 0 Å². The Morgan fingerprint density at radius 2 is 1.44 bits per heavy atom. The van der Waals surface area contributed by atoms with Gasteiger partial charge in [-0.2, -0.15) is 11.6 Å². The van der Waals surface area contributed by atoms with Gasteiger partial charge in [0.05, 0.1) is 0 Å². The van der Waals surface area contributed by atoms with E-state index >= 15 is 0 Å². The van der Waals surface area contributed by atoms with E-state index in [2.05, 4.69) is 41.9 Å². The molecule has 0 N–H and O–H groups in total. The van der Waals surface area contributed by atoms with Crippen molar-refractivity contribution < 1.29 is 0 Å². The fourth-order valence-electron chi connectivity index (χ4n) is 3.46. The van der Waals surface area contributed by atoms with Gasteiger partial charge in [0.25, 0.3) is 0 Å². The number of rotatable bonds is 2. The molecule has 2 fully saturated rings. The molecule has 2 saturated heterocycles. The molecular formula is C14H19BS.